The molecule has 0 spiro atoms. The number of rotatable bonds is 5. The molecule has 0 radical (unpaired) electrons. The molecule has 3 nitrogen and oxygen atoms in total. The number of pyridine rings is 1. The lowest BCUT2D eigenvalue weighted by molar-refractivity contribution is 1.08. The van der Waals surface area contributed by atoms with Crippen LogP contribution in [0.2, 0.25) is 0 Å². The van der Waals surface area contributed by atoms with Crippen molar-refractivity contribution in [3.63, 3.8) is 0 Å². The minimum atomic E-state index is 0.901. The van der Waals surface area contributed by atoms with Crippen molar-refractivity contribution in [2.45, 2.75) is 0 Å². The molecule has 0 bridgehead atoms. The molecule has 266 valence electrons. The van der Waals surface area contributed by atoms with Crippen molar-refractivity contribution >= 4 is 75.1 Å². The third kappa shape index (κ3) is 5.01. The van der Waals surface area contributed by atoms with Crippen molar-refractivity contribution in [3.05, 3.63) is 200 Å². The lowest BCUT2D eigenvalue weighted by Gasteiger charge is -2.13. The molecule has 0 fully saturated rings. The Morgan fingerprint density at radius 1 is 0.351 bits per heavy atom. The van der Waals surface area contributed by atoms with Crippen molar-refractivity contribution < 1.29 is 0 Å². The van der Waals surface area contributed by atoms with Gasteiger partial charge in [-0.05, 0) is 82.9 Å². The summed E-state index contributed by atoms with van der Waals surface area (Å²) in [5.74, 6) is 0.901. The second-order valence-electron chi connectivity index (χ2n) is 14.7. The van der Waals surface area contributed by atoms with Crippen LogP contribution in [-0.2, 0) is 0 Å². The fourth-order valence-electron chi connectivity index (χ4n) is 8.90. The van der Waals surface area contributed by atoms with E-state index in [4.69, 9.17) is 4.98 Å². The van der Waals surface area contributed by atoms with Gasteiger partial charge in [-0.15, -0.1) is 11.3 Å². The molecule has 0 amide bonds. The monoisotopic (exact) mass is 743 g/mol. The lowest BCUT2D eigenvalue weighted by atomic mass is 10.0. The predicted octanol–water partition coefficient (Wildman–Crippen LogP) is 14.6. The summed E-state index contributed by atoms with van der Waals surface area (Å²) in [6.45, 7) is 0. The van der Waals surface area contributed by atoms with Gasteiger partial charge in [0.2, 0.25) is 0 Å². The van der Waals surface area contributed by atoms with Crippen LogP contribution in [0.1, 0.15) is 0 Å². The molecular formula is C53H33N3S. The Hall–Kier alpha value is -7.27. The van der Waals surface area contributed by atoms with Crippen LogP contribution < -0.4 is 0 Å². The van der Waals surface area contributed by atoms with Gasteiger partial charge in [-0.2, -0.15) is 0 Å². The van der Waals surface area contributed by atoms with Gasteiger partial charge in [0.05, 0.1) is 27.8 Å². The maximum atomic E-state index is 5.32. The summed E-state index contributed by atoms with van der Waals surface area (Å²) in [7, 11) is 0. The van der Waals surface area contributed by atoms with Crippen LogP contribution in [0.25, 0.3) is 109 Å². The molecule has 4 aromatic heterocycles. The Bertz CT molecular complexity index is 3440. The summed E-state index contributed by atoms with van der Waals surface area (Å²) in [5.41, 5.74) is 12.6. The summed E-state index contributed by atoms with van der Waals surface area (Å²) < 4.78 is 7.43. The molecule has 12 rings (SSSR count). The molecule has 0 atom stereocenters. The van der Waals surface area contributed by atoms with E-state index in [-0.39, 0.29) is 0 Å². The summed E-state index contributed by atoms with van der Waals surface area (Å²) in [6.07, 6.45) is 0. The second kappa shape index (κ2) is 12.6. The highest BCUT2D eigenvalue weighted by Crippen LogP contribution is 2.44. The van der Waals surface area contributed by atoms with Gasteiger partial charge in [-0.3, -0.25) is 4.57 Å². The van der Waals surface area contributed by atoms with Gasteiger partial charge in [-0.25, -0.2) is 4.98 Å². The van der Waals surface area contributed by atoms with Gasteiger partial charge < -0.3 is 4.57 Å². The van der Waals surface area contributed by atoms with Gasteiger partial charge in [-0.1, -0.05) is 140 Å². The van der Waals surface area contributed by atoms with E-state index in [1.807, 2.05) is 11.3 Å². The summed E-state index contributed by atoms with van der Waals surface area (Å²) in [4.78, 5) is 5.32. The first-order valence-electron chi connectivity index (χ1n) is 19.4. The Labute approximate surface area is 333 Å². The molecule has 0 aliphatic carbocycles. The van der Waals surface area contributed by atoms with Crippen LogP contribution in [-0.4, -0.2) is 14.1 Å². The van der Waals surface area contributed by atoms with Crippen LogP contribution in [0.3, 0.4) is 0 Å². The number of nitrogens with zero attached hydrogens (tertiary/aromatic N) is 3. The van der Waals surface area contributed by atoms with Crippen LogP contribution in [0.5, 0.6) is 0 Å². The zero-order valence-electron chi connectivity index (χ0n) is 30.8. The van der Waals surface area contributed by atoms with E-state index in [2.05, 4.69) is 209 Å². The molecule has 0 aliphatic rings. The number of hydrogen-bond acceptors (Lipinski definition) is 2. The smallest absolute Gasteiger partial charge is 0.138 e. The Kier molecular flexibility index (Phi) is 7.10. The quantitative estimate of drug-likeness (QED) is 0.172. The van der Waals surface area contributed by atoms with E-state index < -0.39 is 0 Å². The Balaban J connectivity index is 0.992. The fraction of sp³-hybridized carbons (Fsp3) is 0. The molecule has 4 heterocycles. The molecule has 0 N–H and O–H groups in total. The molecule has 4 heteroatoms. The molecular weight excluding hydrogens is 711 g/mol. The number of aromatic nitrogens is 3. The SMILES string of the molecule is c1ccc(-c2cc(-c3ccccc3)nc(-n3c4ccccc4c4cc(-c5ccc(-n6c7ccccc7c7c8sc9ccccc9c8ccc76)cc5)ccc43)c2)cc1. The van der Waals surface area contributed by atoms with Crippen molar-refractivity contribution in [2.75, 3.05) is 0 Å². The Morgan fingerprint density at radius 2 is 0.947 bits per heavy atom. The second-order valence-corrected chi connectivity index (χ2v) is 15.8. The lowest BCUT2D eigenvalue weighted by Crippen LogP contribution is -2.00. The van der Waals surface area contributed by atoms with E-state index in [9.17, 15) is 0 Å². The standard InChI is InChI=1S/C53H33N3S/c1-3-13-34(14-4-1)38-32-45(36-15-5-2-6-16-36)54-51(33-38)56-46-20-10-7-17-40(46)44-31-37(25-29-48(44)56)35-23-26-39(27-24-35)55-47-21-11-8-19-43(47)52-49(55)30-28-42-41-18-9-12-22-50(41)57-53(42)52/h1-33H. The molecule has 0 aliphatic heterocycles. The number of fused-ring (bicyclic) bond motifs is 10. The first-order valence-corrected chi connectivity index (χ1v) is 20.2. The van der Waals surface area contributed by atoms with Gasteiger partial charge >= 0.3 is 0 Å². The first-order chi connectivity index (χ1) is 28.3. The van der Waals surface area contributed by atoms with Crippen LogP contribution >= 0.6 is 11.3 Å². The molecule has 8 aromatic carbocycles. The zero-order chi connectivity index (χ0) is 37.5. The highest BCUT2D eigenvalue weighted by molar-refractivity contribution is 7.26. The topological polar surface area (TPSA) is 22.8 Å². The van der Waals surface area contributed by atoms with Gasteiger partial charge in [0.15, 0.2) is 0 Å². The van der Waals surface area contributed by atoms with Gasteiger partial charge in [0.25, 0.3) is 0 Å². The van der Waals surface area contributed by atoms with Crippen molar-refractivity contribution in [3.8, 4) is 45.0 Å². The zero-order valence-corrected chi connectivity index (χ0v) is 31.6. The summed E-state index contributed by atoms with van der Waals surface area (Å²) >= 11 is 1.90. The van der Waals surface area contributed by atoms with E-state index in [0.29, 0.717) is 0 Å². The number of hydrogen-bond donors (Lipinski definition) is 0. The largest absolute Gasteiger partial charge is 0.309 e. The minimum absolute atomic E-state index is 0.901. The third-order valence-electron chi connectivity index (χ3n) is 11.5. The number of thiophene rings is 1. The predicted molar refractivity (Wildman–Crippen MR) is 242 cm³/mol. The van der Waals surface area contributed by atoms with E-state index >= 15 is 0 Å². The van der Waals surface area contributed by atoms with Crippen LogP contribution in [0.15, 0.2) is 200 Å². The van der Waals surface area contributed by atoms with Crippen LogP contribution in [0.4, 0.5) is 0 Å². The van der Waals surface area contributed by atoms with Crippen molar-refractivity contribution in [1.29, 1.82) is 0 Å². The average molecular weight is 744 g/mol. The molecule has 12 aromatic rings. The van der Waals surface area contributed by atoms with Crippen molar-refractivity contribution in [2.24, 2.45) is 0 Å². The third-order valence-corrected chi connectivity index (χ3v) is 12.7. The van der Waals surface area contributed by atoms with E-state index in [0.717, 1.165) is 39.4 Å². The Morgan fingerprint density at radius 3 is 1.74 bits per heavy atom. The summed E-state index contributed by atoms with van der Waals surface area (Å²) in [5, 5.41) is 7.68. The molecule has 0 unspecified atom stereocenters. The number of benzene rings is 8. The van der Waals surface area contributed by atoms with E-state index in [1.165, 1.54) is 69.4 Å². The molecule has 0 saturated heterocycles. The first kappa shape index (κ1) is 32.0. The normalized spacial score (nSPS) is 11.9. The fourth-order valence-corrected chi connectivity index (χ4v) is 10.2. The van der Waals surface area contributed by atoms with Gasteiger partial charge in [0, 0.05) is 53.0 Å². The molecule has 0 saturated carbocycles. The van der Waals surface area contributed by atoms with E-state index in [1.54, 1.807) is 0 Å². The highest BCUT2D eigenvalue weighted by atomic mass is 32.1. The maximum absolute atomic E-state index is 5.32. The summed E-state index contributed by atoms with van der Waals surface area (Å²) in [6, 6.07) is 72.3. The average Bonchev–Trinajstić information content (AvgIpc) is 3.94. The maximum Gasteiger partial charge on any atom is 0.138 e. The number of para-hydroxylation sites is 2. The molecule has 57 heavy (non-hydrogen) atoms. The van der Waals surface area contributed by atoms with Gasteiger partial charge in [0.1, 0.15) is 5.82 Å². The van der Waals surface area contributed by atoms with Crippen molar-refractivity contribution in [1.82, 2.24) is 14.1 Å². The highest BCUT2D eigenvalue weighted by Gasteiger charge is 2.19. The van der Waals surface area contributed by atoms with Crippen LogP contribution in [0, 0.1) is 0 Å². The minimum Gasteiger partial charge on any atom is -0.309 e.